The highest BCUT2D eigenvalue weighted by atomic mass is 79.9. The van der Waals surface area contributed by atoms with Gasteiger partial charge in [-0.05, 0) is 57.2 Å². The molecule has 0 saturated carbocycles. The van der Waals surface area contributed by atoms with Crippen LogP contribution < -0.4 is 9.73 Å². The van der Waals surface area contributed by atoms with Gasteiger partial charge in [0.1, 0.15) is 6.54 Å². The summed E-state index contributed by atoms with van der Waals surface area (Å²) in [7, 11) is -3.65. The van der Waals surface area contributed by atoms with Gasteiger partial charge in [0, 0.05) is 27.1 Å². The Bertz CT molecular complexity index is 1260. The van der Waals surface area contributed by atoms with Gasteiger partial charge < -0.3 is 4.57 Å². The second-order valence-corrected chi connectivity index (χ2v) is 10.4. The number of carbonyl (C=O) groups excluding carboxylic acids is 1. The van der Waals surface area contributed by atoms with Gasteiger partial charge >= 0.3 is 0 Å². The largest absolute Gasteiger partial charge is 0.318 e. The quantitative estimate of drug-likeness (QED) is 0.379. The van der Waals surface area contributed by atoms with E-state index >= 15 is 0 Å². The number of hydrogen-bond acceptors (Lipinski definition) is 4. The molecule has 0 radical (unpaired) electrons. The number of nitrogens with one attached hydrogen (secondary N) is 1. The second kappa shape index (κ2) is 9.70. The van der Waals surface area contributed by atoms with E-state index in [4.69, 9.17) is 0 Å². The van der Waals surface area contributed by atoms with Crippen LogP contribution >= 0.6 is 15.9 Å². The lowest BCUT2D eigenvalue weighted by molar-refractivity contribution is -0.119. The third-order valence-corrected chi connectivity index (χ3v) is 6.57. The molecule has 0 aliphatic rings. The third-order valence-electron chi connectivity index (χ3n) is 4.94. The molecular formula is C23H25BrN4O3S. The van der Waals surface area contributed by atoms with E-state index in [0.717, 1.165) is 33.2 Å². The zero-order valence-corrected chi connectivity index (χ0v) is 20.7. The molecule has 1 heterocycles. The number of carbonyl (C=O) groups is 1. The fourth-order valence-electron chi connectivity index (χ4n) is 3.38. The molecule has 7 nitrogen and oxygen atoms in total. The number of benzene rings is 2. The Kier molecular flexibility index (Phi) is 7.20. The van der Waals surface area contributed by atoms with E-state index in [1.54, 1.807) is 30.5 Å². The van der Waals surface area contributed by atoms with Crippen molar-refractivity contribution in [1.82, 2.24) is 9.99 Å². The van der Waals surface area contributed by atoms with Crippen LogP contribution in [0.3, 0.4) is 0 Å². The normalized spacial score (nSPS) is 11.7. The summed E-state index contributed by atoms with van der Waals surface area (Å²) in [6.07, 6.45) is 2.62. The number of hydrazone groups is 1. The van der Waals surface area contributed by atoms with Gasteiger partial charge in [-0.15, -0.1) is 0 Å². The Hall–Kier alpha value is -2.91. The lowest BCUT2D eigenvalue weighted by atomic mass is 10.2. The monoisotopic (exact) mass is 516 g/mol. The molecule has 0 spiro atoms. The highest BCUT2D eigenvalue weighted by Gasteiger charge is 2.21. The highest BCUT2D eigenvalue weighted by molar-refractivity contribution is 9.10. The third kappa shape index (κ3) is 5.66. The van der Waals surface area contributed by atoms with E-state index < -0.39 is 15.9 Å². The van der Waals surface area contributed by atoms with Crippen LogP contribution in [0.25, 0.3) is 5.69 Å². The van der Waals surface area contributed by atoms with Crippen molar-refractivity contribution < 1.29 is 13.2 Å². The summed E-state index contributed by atoms with van der Waals surface area (Å²) in [5.41, 5.74) is 7.93. The molecule has 0 bridgehead atoms. The van der Waals surface area contributed by atoms with Gasteiger partial charge in [0.05, 0.1) is 18.2 Å². The summed E-state index contributed by atoms with van der Waals surface area (Å²) in [6.45, 7) is 5.65. The van der Waals surface area contributed by atoms with Crippen molar-refractivity contribution in [2.24, 2.45) is 5.10 Å². The molecule has 0 fully saturated rings. The summed E-state index contributed by atoms with van der Waals surface area (Å²) in [6, 6.07) is 17.0. The fraction of sp³-hybridized carbons (Fsp3) is 0.217. The van der Waals surface area contributed by atoms with E-state index in [1.165, 1.54) is 5.56 Å². The van der Waals surface area contributed by atoms with E-state index in [-0.39, 0.29) is 6.54 Å². The Morgan fingerprint density at radius 2 is 1.81 bits per heavy atom. The lowest BCUT2D eigenvalue weighted by Crippen LogP contribution is -2.39. The summed E-state index contributed by atoms with van der Waals surface area (Å²) >= 11 is 3.32. The molecule has 1 amide bonds. The smallest absolute Gasteiger partial charge is 0.260 e. The zero-order chi connectivity index (χ0) is 23.5. The summed E-state index contributed by atoms with van der Waals surface area (Å²) in [4.78, 5) is 12.4. The van der Waals surface area contributed by atoms with E-state index in [1.807, 2.05) is 26.8 Å². The Morgan fingerprint density at radius 1 is 1.12 bits per heavy atom. The number of halogens is 1. The molecule has 0 unspecified atom stereocenters. The average molecular weight is 517 g/mol. The van der Waals surface area contributed by atoms with Crippen molar-refractivity contribution in [2.75, 3.05) is 17.1 Å². The maximum absolute atomic E-state index is 12.4. The van der Waals surface area contributed by atoms with Crippen LogP contribution in [0.5, 0.6) is 0 Å². The molecule has 3 rings (SSSR count). The molecule has 0 aliphatic carbocycles. The number of hydrogen-bond donors (Lipinski definition) is 1. The van der Waals surface area contributed by atoms with E-state index in [2.05, 4.69) is 55.3 Å². The first kappa shape index (κ1) is 23.7. The number of rotatable bonds is 7. The second-order valence-electron chi connectivity index (χ2n) is 7.54. The molecule has 32 heavy (non-hydrogen) atoms. The Labute approximate surface area is 196 Å². The van der Waals surface area contributed by atoms with Gasteiger partial charge in [-0.3, -0.25) is 9.10 Å². The maximum atomic E-state index is 12.4. The molecule has 1 N–H and O–H groups in total. The predicted octanol–water partition coefficient (Wildman–Crippen LogP) is 4.08. The summed E-state index contributed by atoms with van der Waals surface area (Å²) in [5.74, 6) is -0.543. The molecule has 0 atom stereocenters. The van der Waals surface area contributed by atoms with E-state index in [0.29, 0.717) is 10.2 Å². The van der Waals surface area contributed by atoms with Crippen LogP contribution in [-0.2, 0) is 14.8 Å². The van der Waals surface area contributed by atoms with Crippen LogP contribution in [0.2, 0.25) is 0 Å². The zero-order valence-electron chi connectivity index (χ0n) is 18.3. The van der Waals surface area contributed by atoms with Crippen LogP contribution in [0.1, 0.15) is 22.5 Å². The number of sulfonamides is 1. The van der Waals surface area contributed by atoms with Crippen LogP contribution in [-0.4, -0.2) is 37.9 Å². The van der Waals surface area contributed by atoms with E-state index in [9.17, 15) is 13.2 Å². The first-order chi connectivity index (χ1) is 15.1. The molecule has 3 aromatic rings. The van der Waals surface area contributed by atoms with Gasteiger partial charge in [-0.2, -0.15) is 5.10 Å². The van der Waals surface area contributed by atoms with Crippen molar-refractivity contribution >= 4 is 43.8 Å². The minimum absolute atomic E-state index is 0.380. The minimum Gasteiger partial charge on any atom is -0.318 e. The predicted molar refractivity (Wildman–Crippen MR) is 132 cm³/mol. The lowest BCUT2D eigenvalue weighted by Gasteiger charge is -2.21. The number of aromatic nitrogens is 1. The Balaban J connectivity index is 1.73. The SMILES string of the molecule is Cc1ccc(-n2c(C)cc(/C=N/NC(=O)CN(c3cccc(Br)c3)S(C)(=O)=O)c2C)cc1. The van der Waals surface area contributed by atoms with Crippen molar-refractivity contribution in [3.05, 3.63) is 81.6 Å². The molecular weight excluding hydrogens is 492 g/mol. The summed E-state index contributed by atoms with van der Waals surface area (Å²) < 4.78 is 28.3. The maximum Gasteiger partial charge on any atom is 0.260 e. The number of amides is 1. The van der Waals surface area contributed by atoms with Gasteiger partial charge in [-0.25, -0.2) is 13.8 Å². The number of aryl methyl sites for hydroxylation is 2. The van der Waals surface area contributed by atoms with Gasteiger partial charge in [0.2, 0.25) is 10.0 Å². The topological polar surface area (TPSA) is 83.8 Å². The van der Waals surface area contributed by atoms with Crippen LogP contribution in [0, 0.1) is 20.8 Å². The fourth-order valence-corrected chi connectivity index (χ4v) is 4.62. The average Bonchev–Trinajstić information content (AvgIpc) is 2.99. The van der Waals surface area contributed by atoms with Gasteiger partial charge in [0.25, 0.3) is 5.91 Å². The molecule has 0 aliphatic heterocycles. The number of nitrogens with zero attached hydrogens (tertiary/aromatic N) is 3. The van der Waals surface area contributed by atoms with Gasteiger partial charge in [-0.1, -0.05) is 39.7 Å². The minimum atomic E-state index is -3.65. The van der Waals surface area contributed by atoms with Crippen molar-refractivity contribution in [1.29, 1.82) is 0 Å². The molecule has 168 valence electrons. The van der Waals surface area contributed by atoms with Crippen molar-refractivity contribution in [3.8, 4) is 5.69 Å². The molecule has 0 saturated heterocycles. The highest BCUT2D eigenvalue weighted by Crippen LogP contribution is 2.22. The van der Waals surface area contributed by atoms with Crippen molar-refractivity contribution in [2.45, 2.75) is 20.8 Å². The standard InChI is InChI=1S/C23H25BrN4O3S/c1-16-8-10-21(11-9-16)28-17(2)12-19(18(28)3)14-25-26-23(29)15-27(32(4,30)31)22-7-5-6-20(24)13-22/h5-14H,15H2,1-4H3,(H,26,29)/b25-14+. The van der Waals surface area contributed by atoms with Crippen LogP contribution in [0.4, 0.5) is 5.69 Å². The Morgan fingerprint density at radius 3 is 2.44 bits per heavy atom. The molecule has 1 aromatic heterocycles. The van der Waals surface area contributed by atoms with Gasteiger partial charge in [0.15, 0.2) is 0 Å². The number of anilines is 1. The van der Waals surface area contributed by atoms with Crippen molar-refractivity contribution in [3.63, 3.8) is 0 Å². The first-order valence-corrected chi connectivity index (χ1v) is 12.5. The first-order valence-electron chi connectivity index (χ1n) is 9.87. The molecule has 2 aromatic carbocycles. The van der Waals surface area contributed by atoms with Crippen LogP contribution in [0.15, 0.2) is 64.2 Å². The summed E-state index contributed by atoms with van der Waals surface area (Å²) in [5, 5.41) is 4.04. The molecule has 9 heteroatoms.